The molecule has 1 atom stereocenters. The van der Waals surface area contributed by atoms with Crippen molar-refractivity contribution in [2.45, 2.75) is 32.3 Å². The van der Waals surface area contributed by atoms with Gasteiger partial charge in [-0.1, -0.05) is 24.3 Å². The predicted octanol–water partition coefficient (Wildman–Crippen LogP) is 3.23. The molecule has 0 radical (unpaired) electrons. The lowest BCUT2D eigenvalue weighted by atomic mass is 9.86. The summed E-state index contributed by atoms with van der Waals surface area (Å²) in [6, 6.07) is 11.9. The molecule has 1 amide bonds. The summed E-state index contributed by atoms with van der Waals surface area (Å²) >= 11 is 0. The molecule has 1 fully saturated rings. The number of benzene rings is 1. The van der Waals surface area contributed by atoms with Gasteiger partial charge in [-0.25, -0.2) is 9.97 Å². The monoisotopic (exact) mass is 465 g/mol. The van der Waals surface area contributed by atoms with Crippen molar-refractivity contribution >= 4 is 30.4 Å². The molecular formula is C24H27N5O3S. The first kappa shape index (κ1) is 24.4. The van der Waals surface area contributed by atoms with Crippen molar-refractivity contribution < 1.29 is 14.3 Å². The van der Waals surface area contributed by atoms with Crippen molar-refractivity contribution in [2.24, 2.45) is 0 Å². The van der Waals surface area contributed by atoms with Crippen LogP contribution in [0.5, 0.6) is 5.88 Å². The number of nitrogens with zero attached hydrogens (tertiary/aromatic N) is 5. The van der Waals surface area contributed by atoms with Gasteiger partial charge in [-0.05, 0) is 25.5 Å². The Morgan fingerprint density at radius 1 is 1.27 bits per heavy atom. The predicted molar refractivity (Wildman–Crippen MR) is 129 cm³/mol. The molecule has 1 aliphatic heterocycles. The number of rotatable bonds is 5. The Bertz CT molecular complexity index is 1180. The first-order valence-corrected chi connectivity index (χ1v) is 10.5. The number of hydrogen-bond donors (Lipinski definition) is 0. The number of morpholine rings is 1. The molecule has 9 heteroatoms. The highest BCUT2D eigenvalue weighted by molar-refractivity contribution is 7.59. The number of pyridine rings is 1. The Balaban J connectivity index is 0.00000306. The average molecular weight is 466 g/mol. The van der Waals surface area contributed by atoms with Gasteiger partial charge < -0.3 is 14.4 Å². The quantitative estimate of drug-likeness (QED) is 0.570. The molecule has 0 N–H and O–H groups in total. The van der Waals surface area contributed by atoms with Crippen LogP contribution in [0.3, 0.4) is 0 Å². The molecule has 2 aromatic heterocycles. The third-order valence-corrected chi connectivity index (χ3v) is 5.60. The zero-order valence-electron chi connectivity index (χ0n) is 18.9. The number of carbonyl (C=O) groups is 1. The highest BCUT2D eigenvalue weighted by Crippen LogP contribution is 2.29. The molecule has 33 heavy (non-hydrogen) atoms. The minimum Gasteiger partial charge on any atom is -0.473 e. The molecule has 0 saturated carbocycles. The van der Waals surface area contributed by atoms with Crippen LogP contribution in [0, 0.1) is 11.3 Å². The second kappa shape index (κ2) is 10.1. The summed E-state index contributed by atoms with van der Waals surface area (Å²) in [4.78, 5) is 26.9. The van der Waals surface area contributed by atoms with Crippen molar-refractivity contribution in [3.63, 3.8) is 0 Å². The van der Waals surface area contributed by atoms with E-state index >= 15 is 0 Å². The van der Waals surface area contributed by atoms with Gasteiger partial charge in [-0.3, -0.25) is 9.78 Å². The van der Waals surface area contributed by atoms with Crippen LogP contribution in [0.2, 0.25) is 0 Å². The SMILES string of the molecule is CC(=O)N1CCO[C@H](COc2nc(-c3ccc(C(C)(C)C#N)cc3)cc3nccnc23)C1.S. The molecular weight excluding hydrogens is 438 g/mol. The van der Waals surface area contributed by atoms with Crippen LogP contribution in [0.4, 0.5) is 0 Å². The molecule has 0 spiro atoms. The fourth-order valence-electron chi connectivity index (χ4n) is 3.59. The first-order valence-electron chi connectivity index (χ1n) is 10.5. The van der Waals surface area contributed by atoms with E-state index in [2.05, 4.69) is 16.0 Å². The molecule has 4 rings (SSSR count). The molecule has 1 saturated heterocycles. The summed E-state index contributed by atoms with van der Waals surface area (Å²) in [6.45, 7) is 7.13. The standard InChI is InChI=1S/C24H25N5O3.H2S/c1-16(30)29-10-11-31-19(13-29)14-32-23-22-21(26-8-9-27-22)12-20(28-23)17-4-6-18(7-5-17)24(2,3)15-25;/h4-9,12,19H,10-11,13-14H2,1-3H3;1H2/t19-;/m0./s1. The zero-order valence-corrected chi connectivity index (χ0v) is 19.9. The van der Waals surface area contributed by atoms with Crippen LogP contribution in [0.1, 0.15) is 26.3 Å². The van der Waals surface area contributed by atoms with Gasteiger partial charge in [0, 0.05) is 31.4 Å². The minimum atomic E-state index is -0.567. The van der Waals surface area contributed by atoms with Crippen molar-refractivity contribution in [3.8, 4) is 23.2 Å². The van der Waals surface area contributed by atoms with Crippen LogP contribution in [0.25, 0.3) is 22.3 Å². The number of carbonyl (C=O) groups excluding carboxylic acids is 1. The number of hydrogen-bond acceptors (Lipinski definition) is 7. The molecule has 0 bridgehead atoms. The number of ether oxygens (including phenoxy) is 2. The molecule has 1 aromatic carbocycles. The van der Waals surface area contributed by atoms with E-state index in [4.69, 9.17) is 14.5 Å². The summed E-state index contributed by atoms with van der Waals surface area (Å²) in [6.07, 6.45) is 2.99. The lowest BCUT2D eigenvalue weighted by molar-refractivity contribution is -0.137. The fourth-order valence-corrected chi connectivity index (χ4v) is 3.59. The van der Waals surface area contributed by atoms with E-state index in [-0.39, 0.29) is 32.1 Å². The van der Waals surface area contributed by atoms with Crippen molar-refractivity contribution in [3.05, 3.63) is 48.3 Å². The fraction of sp³-hybridized carbons (Fsp3) is 0.375. The molecule has 0 unspecified atom stereocenters. The van der Waals surface area contributed by atoms with E-state index in [0.29, 0.717) is 42.3 Å². The van der Waals surface area contributed by atoms with Gasteiger partial charge in [0.05, 0.1) is 35.8 Å². The number of fused-ring (bicyclic) bond motifs is 1. The Hall–Kier alpha value is -3.22. The van der Waals surface area contributed by atoms with Crippen LogP contribution < -0.4 is 4.74 Å². The summed E-state index contributed by atoms with van der Waals surface area (Å²) in [5, 5.41) is 9.38. The van der Waals surface area contributed by atoms with Gasteiger partial charge in [0.1, 0.15) is 12.7 Å². The van der Waals surface area contributed by atoms with E-state index < -0.39 is 5.41 Å². The number of amides is 1. The molecule has 1 aliphatic rings. The van der Waals surface area contributed by atoms with Gasteiger partial charge >= 0.3 is 0 Å². The topological polar surface area (TPSA) is 101 Å². The maximum Gasteiger partial charge on any atom is 0.242 e. The van der Waals surface area contributed by atoms with Crippen molar-refractivity contribution in [1.82, 2.24) is 19.9 Å². The molecule has 8 nitrogen and oxygen atoms in total. The van der Waals surface area contributed by atoms with Crippen LogP contribution in [0.15, 0.2) is 42.7 Å². The largest absolute Gasteiger partial charge is 0.473 e. The molecule has 3 aromatic rings. The zero-order chi connectivity index (χ0) is 22.7. The van der Waals surface area contributed by atoms with Crippen molar-refractivity contribution in [2.75, 3.05) is 26.3 Å². The van der Waals surface area contributed by atoms with Gasteiger partial charge in [0.2, 0.25) is 11.8 Å². The van der Waals surface area contributed by atoms with E-state index in [0.717, 1.165) is 11.1 Å². The minimum absolute atomic E-state index is 0. The van der Waals surface area contributed by atoms with Crippen LogP contribution in [-0.4, -0.2) is 58.2 Å². The highest BCUT2D eigenvalue weighted by atomic mass is 32.1. The van der Waals surface area contributed by atoms with Crippen LogP contribution >= 0.6 is 13.5 Å². The number of nitriles is 1. The second-order valence-electron chi connectivity index (χ2n) is 8.32. The lowest BCUT2D eigenvalue weighted by Gasteiger charge is -2.32. The average Bonchev–Trinajstić information content (AvgIpc) is 2.82. The van der Waals surface area contributed by atoms with Gasteiger partial charge in [-0.15, -0.1) is 0 Å². The summed E-state index contributed by atoms with van der Waals surface area (Å²) in [7, 11) is 0. The van der Waals surface area contributed by atoms with Crippen molar-refractivity contribution in [1.29, 1.82) is 5.26 Å². The lowest BCUT2D eigenvalue weighted by Crippen LogP contribution is -2.46. The Labute approximate surface area is 200 Å². The molecule has 0 aliphatic carbocycles. The van der Waals surface area contributed by atoms with Crippen LogP contribution in [-0.2, 0) is 14.9 Å². The third-order valence-electron chi connectivity index (χ3n) is 5.60. The normalized spacial score (nSPS) is 16.1. The van der Waals surface area contributed by atoms with E-state index in [1.165, 1.54) is 0 Å². The summed E-state index contributed by atoms with van der Waals surface area (Å²) in [5.41, 5.74) is 3.19. The highest BCUT2D eigenvalue weighted by Gasteiger charge is 2.24. The van der Waals surface area contributed by atoms with Gasteiger partial charge in [0.25, 0.3) is 0 Å². The van der Waals surface area contributed by atoms with E-state index in [9.17, 15) is 10.1 Å². The maximum atomic E-state index is 11.7. The Morgan fingerprint density at radius 2 is 2.00 bits per heavy atom. The van der Waals surface area contributed by atoms with E-state index in [1.54, 1.807) is 24.2 Å². The number of aromatic nitrogens is 3. The summed E-state index contributed by atoms with van der Waals surface area (Å²) < 4.78 is 11.8. The van der Waals surface area contributed by atoms with E-state index in [1.807, 2.05) is 44.2 Å². The second-order valence-corrected chi connectivity index (χ2v) is 8.32. The first-order chi connectivity index (χ1) is 15.4. The van der Waals surface area contributed by atoms with Gasteiger partial charge in [0.15, 0.2) is 5.52 Å². The smallest absolute Gasteiger partial charge is 0.242 e. The molecule has 172 valence electrons. The van der Waals surface area contributed by atoms with Gasteiger partial charge in [-0.2, -0.15) is 18.8 Å². The summed E-state index contributed by atoms with van der Waals surface area (Å²) in [5.74, 6) is 0.397. The Morgan fingerprint density at radius 3 is 2.70 bits per heavy atom. The molecule has 3 heterocycles. The third kappa shape index (κ3) is 5.41. The maximum absolute atomic E-state index is 11.7. The Kier molecular flexibility index (Phi) is 7.51.